The summed E-state index contributed by atoms with van der Waals surface area (Å²) in [6.07, 6.45) is 1.89. The first-order chi connectivity index (χ1) is 21.3. The van der Waals surface area contributed by atoms with Crippen LogP contribution in [0.3, 0.4) is 0 Å². The van der Waals surface area contributed by atoms with Gasteiger partial charge in [-0.25, -0.2) is 15.0 Å². The van der Waals surface area contributed by atoms with E-state index in [9.17, 15) is 9.59 Å². The molecule has 3 aromatic carbocycles. The van der Waals surface area contributed by atoms with E-state index in [1.807, 2.05) is 72.7 Å². The van der Waals surface area contributed by atoms with E-state index in [1.54, 1.807) is 41.8 Å². The molecule has 0 radical (unpaired) electrons. The SMILES string of the molecule is COc1ccc(CN2CN(C)C(=O)c3c(N[C@@H](C)c4nc5cccc(Cl)c5c(=O)n4-c4ccccc4)nc(SC)nc32)cc1. The van der Waals surface area contributed by atoms with Gasteiger partial charge in [-0.2, -0.15) is 0 Å². The van der Waals surface area contributed by atoms with E-state index < -0.39 is 6.04 Å². The number of amides is 1. The smallest absolute Gasteiger partial charge is 0.267 e. The first kappa shape index (κ1) is 29.5. The van der Waals surface area contributed by atoms with E-state index in [2.05, 4.69) is 5.32 Å². The third kappa shape index (κ3) is 5.44. The molecule has 0 bridgehead atoms. The average Bonchev–Trinajstić information content (AvgIpc) is 3.03. The Bertz CT molecular complexity index is 1920. The maximum atomic E-state index is 13.9. The van der Waals surface area contributed by atoms with Gasteiger partial charge in [0.25, 0.3) is 11.5 Å². The predicted molar refractivity (Wildman–Crippen MR) is 174 cm³/mol. The van der Waals surface area contributed by atoms with Crippen LogP contribution in [0.4, 0.5) is 11.6 Å². The summed E-state index contributed by atoms with van der Waals surface area (Å²) in [5, 5.41) is 4.59. The van der Waals surface area contributed by atoms with Crippen LogP contribution in [0.1, 0.15) is 34.7 Å². The molecule has 1 N–H and O–H groups in total. The van der Waals surface area contributed by atoms with Crippen molar-refractivity contribution >= 4 is 51.8 Å². The molecule has 2 aromatic heterocycles. The highest BCUT2D eigenvalue weighted by atomic mass is 35.5. The number of fused-ring (bicyclic) bond motifs is 2. The summed E-state index contributed by atoms with van der Waals surface area (Å²) in [6, 6.07) is 21.8. The first-order valence-corrected chi connectivity index (χ1v) is 15.5. The number of ether oxygens (including phenoxy) is 1. The second-order valence-electron chi connectivity index (χ2n) is 10.4. The minimum atomic E-state index is -0.546. The molecule has 3 heterocycles. The summed E-state index contributed by atoms with van der Waals surface area (Å²) in [5.41, 5.74) is 2.24. The molecule has 5 aromatic rings. The summed E-state index contributed by atoms with van der Waals surface area (Å²) in [5.74, 6) is 1.92. The third-order valence-corrected chi connectivity index (χ3v) is 8.32. The topological polar surface area (TPSA) is 105 Å². The minimum absolute atomic E-state index is 0.202. The van der Waals surface area contributed by atoms with Gasteiger partial charge in [-0.05, 0) is 55.1 Å². The third-order valence-electron chi connectivity index (χ3n) is 7.45. The summed E-state index contributed by atoms with van der Waals surface area (Å²) in [7, 11) is 3.39. The molecule has 0 fully saturated rings. The summed E-state index contributed by atoms with van der Waals surface area (Å²) in [6.45, 7) is 2.77. The number of anilines is 2. The Hall–Kier alpha value is -4.61. The highest BCUT2D eigenvalue weighted by Gasteiger charge is 2.34. The normalized spacial score (nSPS) is 13.6. The fourth-order valence-electron chi connectivity index (χ4n) is 5.30. The van der Waals surface area contributed by atoms with Gasteiger partial charge in [-0.15, -0.1) is 0 Å². The Morgan fingerprint density at radius 3 is 2.45 bits per heavy atom. The number of hydrogen-bond acceptors (Lipinski definition) is 9. The molecule has 1 amide bonds. The molecular formula is C32H30ClN7O3S. The lowest BCUT2D eigenvalue weighted by Crippen LogP contribution is -2.45. The number of rotatable bonds is 8. The van der Waals surface area contributed by atoms with Crippen LogP contribution in [-0.2, 0) is 6.54 Å². The molecule has 1 aliphatic rings. The monoisotopic (exact) mass is 627 g/mol. The quantitative estimate of drug-likeness (QED) is 0.169. The Balaban J connectivity index is 1.46. The van der Waals surface area contributed by atoms with Gasteiger partial charge in [0, 0.05) is 13.6 Å². The van der Waals surface area contributed by atoms with Crippen LogP contribution in [0.2, 0.25) is 5.02 Å². The number of nitrogens with one attached hydrogen (secondary N) is 1. The molecule has 10 nitrogen and oxygen atoms in total. The number of benzene rings is 3. The first-order valence-electron chi connectivity index (χ1n) is 13.9. The summed E-state index contributed by atoms with van der Waals surface area (Å²) < 4.78 is 6.86. The van der Waals surface area contributed by atoms with Crippen molar-refractivity contribution in [2.75, 3.05) is 37.3 Å². The highest BCUT2D eigenvalue weighted by Crippen LogP contribution is 2.35. The Morgan fingerprint density at radius 1 is 1.00 bits per heavy atom. The Kier molecular flexibility index (Phi) is 8.15. The maximum absolute atomic E-state index is 13.9. The van der Waals surface area contributed by atoms with E-state index >= 15 is 0 Å². The number of aromatic nitrogens is 4. The number of para-hydroxylation sites is 1. The highest BCUT2D eigenvalue weighted by molar-refractivity contribution is 7.98. The zero-order valence-corrected chi connectivity index (χ0v) is 26.2. The Morgan fingerprint density at radius 2 is 1.75 bits per heavy atom. The van der Waals surface area contributed by atoms with Crippen LogP contribution >= 0.6 is 23.4 Å². The maximum Gasteiger partial charge on any atom is 0.267 e. The number of hydrogen-bond donors (Lipinski definition) is 1. The molecule has 0 spiro atoms. The zero-order valence-electron chi connectivity index (χ0n) is 24.6. The van der Waals surface area contributed by atoms with Crippen LogP contribution < -0.4 is 20.5 Å². The van der Waals surface area contributed by atoms with Crippen molar-refractivity contribution in [3.05, 3.63) is 105 Å². The van der Waals surface area contributed by atoms with E-state index in [4.69, 9.17) is 31.3 Å². The number of carbonyl (C=O) groups is 1. The second kappa shape index (κ2) is 12.2. The number of nitrogens with zero attached hydrogens (tertiary/aromatic N) is 6. The lowest BCUT2D eigenvalue weighted by atomic mass is 10.1. The molecule has 0 unspecified atom stereocenters. The van der Waals surface area contributed by atoms with E-state index in [0.29, 0.717) is 63.0 Å². The Labute approximate surface area is 263 Å². The van der Waals surface area contributed by atoms with Crippen molar-refractivity contribution in [1.82, 2.24) is 24.4 Å². The van der Waals surface area contributed by atoms with Crippen molar-refractivity contribution in [3.63, 3.8) is 0 Å². The van der Waals surface area contributed by atoms with Gasteiger partial charge in [0.15, 0.2) is 5.16 Å². The largest absolute Gasteiger partial charge is 0.497 e. The standard InChI is InChI=1S/C32H30ClN7O3S/c1-19(28-35-24-12-8-11-23(33)25(24)31(42)40(28)21-9-6-5-7-10-21)34-27-26-29(37-32(36-27)44-4)39(18-38(2)30(26)41)17-20-13-15-22(43-3)16-14-20/h5-16,19H,17-18H2,1-4H3,(H,34,36,37)/t19-/m0/s1. The molecule has 0 saturated heterocycles. The van der Waals surface area contributed by atoms with Crippen molar-refractivity contribution in [3.8, 4) is 11.4 Å². The molecule has 0 aliphatic carbocycles. The van der Waals surface area contributed by atoms with Crippen molar-refractivity contribution < 1.29 is 9.53 Å². The number of carbonyl (C=O) groups excluding carboxylic acids is 1. The van der Waals surface area contributed by atoms with Gasteiger partial charge < -0.3 is 19.9 Å². The zero-order chi connectivity index (χ0) is 31.0. The number of thioether (sulfide) groups is 1. The fraction of sp³-hybridized carbons (Fsp3) is 0.219. The predicted octanol–water partition coefficient (Wildman–Crippen LogP) is 5.78. The van der Waals surface area contributed by atoms with Gasteiger partial charge in [-0.1, -0.05) is 59.8 Å². The lowest BCUT2D eigenvalue weighted by molar-refractivity contribution is 0.0780. The molecule has 6 rings (SSSR count). The van der Waals surface area contributed by atoms with Crippen molar-refractivity contribution in [2.24, 2.45) is 0 Å². The fourth-order valence-corrected chi connectivity index (χ4v) is 5.91. The van der Waals surface area contributed by atoms with E-state index in [1.165, 1.54) is 11.8 Å². The number of methoxy groups -OCH3 is 1. The van der Waals surface area contributed by atoms with E-state index in [-0.39, 0.29) is 11.5 Å². The number of halogens is 1. The van der Waals surface area contributed by atoms with Crippen molar-refractivity contribution in [1.29, 1.82) is 0 Å². The minimum Gasteiger partial charge on any atom is -0.497 e. The van der Waals surface area contributed by atoms with Crippen LogP contribution in [0, 0.1) is 0 Å². The molecular weight excluding hydrogens is 598 g/mol. The van der Waals surface area contributed by atoms with Crippen LogP contribution in [0.25, 0.3) is 16.6 Å². The van der Waals surface area contributed by atoms with E-state index in [0.717, 1.165) is 11.3 Å². The second-order valence-corrected chi connectivity index (χ2v) is 11.6. The molecule has 224 valence electrons. The average molecular weight is 628 g/mol. The summed E-state index contributed by atoms with van der Waals surface area (Å²) in [4.78, 5) is 45.7. The van der Waals surface area contributed by atoms with Gasteiger partial charge in [0.05, 0.1) is 41.4 Å². The van der Waals surface area contributed by atoms with Crippen LogP contribution in [-0.4, -0.2) is 57.4 Å². The van der Waals surface area contributed by atoms with Gasteiger partial charge in [0.1, 0.15) is 28.8 Å². The van der Waals surface area contributed by atoms with Crippen LogP contribution in [0.5, 0.6) is 5.75 Å². The van der Waals surface area contributed by atoms with Gasteiger partial charge >= 0.3 is 0 Å². The molecule has 1 atom stereocenters. The van der Waals surface area contributed by atoms with Gasteiger partial charge in [-0.3, -0.25) is 14.2 Å². The van der Waals surface area contributed by atoms with Crippen molar-refractivity contribution in [2.45, 2.75) is 24.7 Å². The molecule has 1 aliphatic heterocycles. The molecule has 0 saturated carbocycles. The van der Waals surface area contributed by atoms with Crippen LogP contribution in [0.15, 0.2) is 82.7 Å². The molecule has 12 heteroatoms. The molecule has 44 heavy (non-hydrogen) atoms. The lowest BCUT2D eigenvalue weighted by Gasteiger charge is -2.36. The summed E-state index contributed by atoms with van der Waals surface area (Å²) >= 11 is 7.86. The van der Waals surface area contributed by atoms with Gasteiger partial charge in [0.2, 0.25) is 0 Å².